The number of carboxylic acid groups (broad SMARTS) is 1. The van der Waals surface area contributed by atoms with Gasteiger partial charge in [-0.25, -0.2) is 9.59 Å². The van der Waals surface area contributed by atoms with Crippen molar-refractivity contribution in [3.8, 4) is 0 Å². The molecule has 1 rings (SSSR count). The molecular weight excluding hydrogens is 419 g/mol. The predicted molar refractivity (Wildman–Crippen MR) is 77.9 cm³/mol. The van der Waals surface area contributed by atoms with Gasteiger partial charge in [0.2, 0.25) is 0 Å². The minimum absolute atomic E-state index is 0.455. The van der Waals surface area contributed by atoms with Crippen LogP contribution < -0.4 is 0 Å². The van der Waals surface area contributed by atoms with E-state index >= 15 is 0 Å². The van der Waals surface area contributed by atoms with Gasteiger partial charge in [0, 0.05) is 9.64 Å². The second kappa shape index (κ2) is 6.10. The van der Waals surface area contributed by atoms with Gasteiger partial charge in [-0.2, -0.15) is 8.78 Å². The Morgan fingerprint density at radius 3 is 2.36 bits per heavy atom. The van der Waals surface area contributed by atoms with E-state index in [2.05, 4.69) is 4.74 Å². The summed E-state index contributed by atoms with van der Waals surface area (Å²) in [5.74, 6) is -8.24. The average Bonchev–Trinajstić information content (AvgIpc) is 2.37. The number of aliphatic carboxylic acids is 1. The van der Waals surface area contributed by atoms with Crippen LogP contribution in [-0.4, -0.2) is 33.5 Å². The molecule has 0 aliphatic rings. The van der Waals surface area contributed by atoms with E-state index in [1.165, 1.54) is 6.07 Å². The lowest BCUT2D eigenvalue weighted by Gasteiger charge is -2.30. The van der Waals surface area contributed by atoms with Gasteiger partial charge >= 0.3 is 17.9 Å². The summed E-state index contributed by atoms with van der Waals surface area (Å²) in [5.41, 5.74) is -3.85. The van der Waals surface area contributed by atoms with Gasteiger partial charge in [-0.1, -0.05) is 0 Å². The van der Waals surface area contributed by atoms with Crippen LogP contribution in [0.15, 0.2) is 18.2 Å². The number of rotatable bonds is 5. The fourth-order valence-electron chi connectivity index (χ4n) is 1.44. The number of alkyl halides is 2. The molecule has 0 saturated heterocycles. The Morgan fingerprint density at radius 2 is 1.91 bits per heavy atom. The molecule has 0 heterocycles. The smallest absolute Gasteiger partial charge is 0.380 e. The number of esters is 1. The first-order valence-electron chi connectivity index (χ1n) is 5.68. The average molecular weight is 429 g/mol. The fraction of sp³-hybridized carbons (Fsp3) is 0.333. The molecule has 0 atom stereocenters. The molecular formula is C12H10F2INO6. The highest BCUT2D eigenvalue weighted by Crippen LogP contribution is 2.34. The minimum atomic E-state index is -4.36. The van der Waals surface area contributed by atoms with Crippen molar-refractivity contribution in [1.82, 2.24) is 0 Å². The Balaban J connectivity index is 3.19. The van der Waals surface area contributed by atoms with Crippen molar-refractivity contribution in [3.63, 3.8) is 0 Å². The lowest BCUT2D eigenvalue weighted by atomic mass is 10.00. The number of benzene rings is 1. The molecule has 0 amide bonds. The maximum absolute atomic E-state index is 13.5. The highest BCUT2D eigenvalue weighted by molar-refractivity contribution is 14.1. The van der Waals surface area contributed by atoms with E-state index < -0.39 is 39.6 Å². The van der Waals surface area contributed by atoms with Gasteiger partial charge in [-0.3, -0.25) is 10.1 Å². The van der Waals surface area contributed by atoms with E-state index in [1.807, 2.05) is 0 Å². The van der Waals surface area contributed by atoms with E-state index in [-0.39, 0.29) is 0 Å². The molecule has 0 unspecified atom stereocenters. The number of hydrogen-bond donors (Lipinski definition) is 1. The number of carbonyl (C=O) groups excluding carboxylic acids is 1. The van der Waals surface area contributed by atoms with Crippen LogP contribution in [0.1, 0.15) is 24.2 Å². The van der Waals surface area contributed by atoms with E-state index in [4.69, 9.17) is 5.11 Å². The third kappa shape index (κ3) is 3.48. The van der Waals surface area contributed by atoms with Gasteiger partial charge in [-0.05, 0) is 48.6 Å². The summed E-state index contributed by atoms with van der Waals surface area (Å²) < 4.78 is 32.0. The number of carboxylic acids is 1. The molecule has 0 aliphatic heterocycles. The fourth-order valence-corrected chi connectivity index (χ4v) is 1.91. The molecule has 0 saturated carbocycles. The zero-order chi connectivity index (χ0) is 17.3. The number of halogens is 3. The molecule has 1 N–H and O–H groups in total. The van der Waals surface area contributed by atoms with Gasteiger partial charge in [0.05, 0.1) is 4.92 Å². The summed E-state index contributed by atoms with van der Waals surface area (Å²) in [7, 11) is 0. The Hall–Kier alpha value is -1.85. The van der Waals surface area contributed by atoms with Gasteiger partial charge in [0.25, 0.3) is 5.69 Å². The Labute approximate surface area is 136 Å². The van der Waals surface area contributed by atoms with Gasteiger partial charge < -0.3 is 9.84 Å². The summed E-state index contributed by atoms with van der Waals surface area (Å²) in [5, 5.41) is 19.4. The van der Waals surface area contributed by atoms with Crippen molar-refractivity contribution < 1.29 is 33.1 Å². The lowest BCUT2D eigenvalue weighted by Crippen LogP contribution is -2.51. The largest absolute Gasteiger partial charge is 0.477 e. The molecule has 0 aliphatic carbocycles. The number of nitro benzene ring substituents is 1. The van der Waals surface area contributed by atoms with E-state index in [0.29, 0.717) is 17.4 Å². The van der Waals surface area contributed by atoms with Gasteiger partial charge in [0.1, 0.15) is 5.56 Å². The van der Waals surface area contributed by atoms with Crippen LogP contribution in [0.3, 0.4) is 0 Å². The highest BCUT2D eigenvalue weighted by Gasteiger charge is 2.57. The third-order valence-electron chi connectivity index (χ3n) is 2.75. The first-order valence-corrected chi connectivity index (χ1v) is 6.76. The summed E-state index contributed by atoms with van der Waals surface area (Å²) in [4.78, 5) is 32.5. The van der Waals surface area contributed by atoms with Crippen LogP contribution >= 0.6 is 22.6 Å². The number of carbonyl (C=O) groups is 2. The maximum atomic E-state index is 13.5. The molecule has 22 heavy (non-hydrogen) atoms. The first kappa shape index (κ1) is 18.2. The van der Waals surface area contributed by atoms with Crippen molar-refractivity contribution in [1.29, 1.82) is 0 Å². The molecule has 0 fully saturated rings. The molecule has 1 aromatic carbocycles. The molecule has 1 aromatic rings. The normalized spacial score (nSPS) is 11.9. The number of nitrogens with zero attached hydrogens (tertiary/aromatic N) is 1. The summed E-state index contributed by atoms with van der Waals surface area (Å²) in [6.07, 6.45) is 0. The van der Waals surface area contributed by atoms with Crippen LogP contribution in [0.2, 0.25) is 0 Å². The highest BCUT2D eigenvalue weighted by atomic mass is 127. The molecule has 0 radical (unpaired) electrons. The van der Waals surface area contributed by atoms with E-state index in [0.717, 1.165) is 12.1 Å². The van der Waals surface area contributed by atoms with Crippen LogP contribution in [-0.2, 0) is 9.53 Å². The van der Waals surface area contributed by atoms with E-state index in [9.17, 15) is 28.5 Å². The molecule has 120 valence electrons. The standard InChI is InChI=1S/C12H10F2INO6/c1-11(2,12(13,14)10(18)19)22-9(17)7-4-3-6(15)5-8(7)16(20)21/h3-5H,1-2H3,(H,18,19). The SMILES string of the molecule is CC(C)(OC(=O)c1ccc(I)cc1[N+](=O)[O-])C(F)(F)C(=O)O. The third-order valence-corrected chi connectivity index (χ3v) is 3.42. The Morgan fingerprint density at radius 1 is 1.36 bits per heavy atom. The lowest BCUT2D eigenvalue weighted by molar-refractivity contribution is -0.385. The zero-order valence-electron chi connectivity index (χ0n) is 11.3. The van der Waals surface area contributed by atoms with Crippen LogP contribution in [0, 0.1) is 13.7 Å². The summed E-state index contributed by atoms with van der Waals surface area (Å²) in [6, 6.07) is 3.48. The Kier molecular flexibility index (Phi) is 5.05. The van der Waals surface area contributed by atoms with Gasteiger partial charge in [-0.15, -0.1) is 0 Å². The number of hydrogen-bond acceptors (Lipinski definition) is 5. The zero-order valence-corrected chi connectivity index (χ0v) is 13.5. The number of ether oxygens (including phenoxy) is 1. The molecule has 10 heteroatoms. The molecule has 0 aromatic heterocycles. The van der Waals surface area contributed by atoms with Crippen molar-refractivity contribution in [3.05, 3.63) is 37.4 Å². The number of nitro groups is 1. The summed E-state index contributed by atoms with van der Waals surface area (Å²) in [6.45, 7) is 1.41. The topological polar surface area (TPSA) is 107 Å². The van der Waals surface area contributed by atoms with Crippen molar-refractivity contribution in [2.24, 2.45) is 0 Å². The first-order chi connectivity index (χ1) is 9.90. The monoisotopic (exact) mass is 429 g/mol. The maximum Gasteiger partial charge on any atom is 0.380 e. The van der Waals surface area contributed by atoms with Gasteiger partial charge in [0.15, 0.2) is 5.60 Å². The molecule has 0 spiro atoms. The van der Waals surface area contributed by atoms with Crippen LogP contribution in [0.25, 0.3) is 0 Å². The summed E-state index contributed by atoms with van der Waals surface area (Å²) >= 11 is 1.77. The second-order valence-electron chi connectivity index (χ2n) is 4.70. The second-order valence-corrected chi connectivity index (χ2v) is 5.94. The molecule has 0 bridgehead atoms. The van der Waals surface area contributed by atoms with Crippen molar-refractivity contribution in [2.45, 2.75) is 25.4 Å². The van der Waals surface area contributed by atoms with E-state index in [1.54, 1.807) is 22.6 Å². The van der Waals surface area contributed by atoms with Crippen molar-refractivity contribution in [2.75, 3.05) is 0 Å². The van der Waals surface area contributed by atoms with Crippen LogP contribution in [0.5, 0.6) is 0 Å². The van der Waals surface area contributed by atoms with Crippen molar-refractivity contribution >= 4 is 40.2 Å². The Bertz CT molecular complexity index is 647. The molecule has 7 nitrogen and oxygen atoms in total. The quantitative estimate of drug-likeness (QED) is 0.334. The predicted octanol–water partition coefficient (Wildman–Crippen LogP) is 2.85. The minimum Gasteiger partial charge on any atom is -0.477 e. The van der Waals surface area contributed by atoms with Crippen LogP contribution in [0.4, 0.5) is 14.5 Å².